The number of aliphatic carboxylic acids is 1. The van der Waals surface area contributed by atoms with Gasteiger partial charge in [-0.05, 0) is 23.7 Å². The molecule has 0 spiro atoms. The fourth-order valence-corrected chi connectivity index (χ4v) is 2.95. The highest BCUT2D eigenvalue weighted by Crippen LogP contribution is 2.53. The van der Waals surface area contributed by atoms with Crippen molar-refractivity contribution in [2.24, 2.45) is 22.7 Å². The van der Waals surface area contributed by atoms with Crippen molar-refractivity contribution >= 4 is 11.9 Å². The lowest BCUT2D eigenvalue weighted by Crippen LogP contribution is -2.13. The first-order chi connectivity index (χ1) is 9.39. The zero-order valence-corrected chi connectivity index (χ0v) is 14.2. The summed E-state index contributed by atoms with van der Waals surface area (Å²) < 4.78 is 5.53. The molecular formula is C17H30O4. The first-order valence-electron chi connectivity index (χ1n) is 7.80. The van der Waals surface area contributed by atoms with E-state index in [1.807, 2.05) is 0 Å². The molecule has 0 aromatic heterocycles. The van der Waals surface area contributed by atoms with Gasteiger partial charge in [0.1, 0.15) is 6.10 Å². The first kappa shape index (κ1) is 18.0. The molecule has 0 radical (unpaired) electrons. The monoisotopic (exact) mass is 298 g/mol. The Morgan fingerprint density at radius 1 is 0.905 bits per heavy atom. The van der Waals surface area contributed by atoms with E-state index in [1.165, 1.54) is 0 Å². The maximum absolute atomic E-state index is 11.7. The van der Waals surface area contributed by atoms with E-state index in [9.17, 15) is 9.59 Å². The number of carbonyl (C=O) groups is 2. The molecule has 2 unspecified atom stereocenters. The molecule has 4 nitrogen and oxygen atoms in total. The molecule has 0 amide bonds. The van der Waals surface area contributed by atoms with Gasteiger partial charge in [0.2, 0.25) is 0 Å². The minimum absolute atomic E-state index is 0.0234. The number of ether oxygens (including phenoxy) is 1. The zero-order chi connectivity index (χ0) is 16.4. The van der Waals surface area contributed by atoms with E-state index >= 15 is 0 Å². The van der Waals surface area contributed by atoms with Crippen molar-refractivity contribution in [2.75, 3.05) is 0 Å². The number of carboxylic acid groups (broad SMARTS) is 1. The first-order valence-corrected chi connectivity index (χ1v) is 7.80. The lowest BCUT2D eigenvalue weighted by Gasteiger charge is -2.20. The SMILES string of the molecule is CC(C)(C)CC1C(CC(C)(C)C)C1OC(=O)CCC(=O)O. The number of carbonyl (C=O) groups excluding carboxylic acids is 1. The van der Waals surface area contributed by atoms with Crippen LogP contribution >= 0.6 is 0 Å². The second kappa shape index (κ2) is 6.37. The zero-order valence-electron chi connectivity index (χ0n) is 14.2. The molecule has 1 aliphatic carbocycles. The maximum Gasteiger partial charge on any atom is 0.306 e. The van der Waals surface area contributed by atoms with Crippen LogP contribution in [0, 0.1) is 22.7 Å². The Kier molecular flexibility index (Phi) is 5.46. The standard InChI is InChI=1S/C17H30O4/c1-16(2,3)9-11-12(10-17(4,5)6)15(11)21-14(20)8-7-13(18)19/h11-12,15H,7-10H2,1-6H3,(H,18,19). The Bertz CT molecular complexity index is 365. The lowest BCUT2D eigenvalue weighted by atomic mass is 9.85. The van der Waals surface area contributed by atoms with Crippen molar-refractivity contribution in [3.05, 3.63) is 0 Å². The Balaban J connectivity index is 2.56. The van der Waals surface area contributed by atoms with Crippen molar-refractivity contribution in [1.29, 1.82) is 0 Å². The molecule has 0 aliphatic heterocycles. The molecule has 0 bridgehead atoms. The van der Waals surface area contributed by atoms with Gasteiger partial charge in [0, 0.05) is 11.8 Å². The van der Waals surface area contributed by atoms with Crippen LogP contribution in [0.3, 0.4) is 0 Å². The Labute approximate surface area is 128 Å². The quantitative estimate of drug-likeness (QED) is 0.756. The van der Waals surface area contributed by atoms with Crippen molar-refractivity contribution in [3.63, 3.8) is 0 Å². The number of carboxylic acids is 1. The smallest absolute Gasteiger partial charge is 0.306 e. The van der Waals surface area contributed by atoms with Gasteiger partial charge in [0.25, 0.3) is 0 Å². The Hall–Kier alpha value is -1.06. The molecule has 1 aliphatic rings. The van der Waals surface area contributed by atoms with E-state index in [0.29, 0.717) is 11.8 Å². The third-order valence-electron chi connectivity index (χ3n) is 3.76. The van der Waals surface area contributed by atoms with Crippen molar-refractivity contribution in [1.82, 2.24) is 0 Å². The molecule has 1 saturated carbocycles. The second-order valence-electron chi connectivity index (χ2n) is 8.71. The van der Waals surface area contributed by atoms with Gasteiger partial charge >= 0.3 is 11.9 Å². The van der Waals surface area contributed by atoms with Gasteiger partial charge in [-0.3, -0.25) is 9.59 Å². The number of hydrogen-bond donors (Lipinski definition) is 1. The van der Waals surface area contributed by atoms with Crippen molar-refractivity contribution in [3.8, 4) is 0 Å². The third kappa shape index (κ3) is 6.96. The Morgan fingerprint density at radius 3 is 1.67 bits per heavy atom. The highest BCUT2D eigenvalue weighted by Gasteiger charge is 2.54. The molecule has 1 fully saturated rings. The number of esters is 1. The molecule has 2 atom stereocenters. The van der Waals surface area contributed by atoms with E-state index in [2.05, 4.69) is 41.5 Å². The molecule has 0 saturated heterocycles. The highest BCUT2D eigenvalue weighted by molar-refractivity contribution is 5.76. The van der Waals surface area contributed by atoms with E-state index in [-0.39, 0.29) is 35.7 Å². The maximum atomic E-state index is 11.7. The number of rotatable bonds is 6. The van der Waals surface area contributed by atoms with Gasteiger partial charge < -0.3 is 9.84 Å². The van der Waals surface area contributed by atoms with Crippen molar-refractivity contribution in [2.45, 2.75) is 73.3 Å². The topological polar surface area (TPSA) is 63.6 Å². The van der Waals surface area contributed by atoms with Crippen LogP contribution in [0.1, 0.15) is 67.2 Å². The predicted octanol–water partition coefficient (Wildman–Crippen LogP) is 3.88. The summed E-state index contributed by atoms with van der Waals surface area (Å²) in [7, 11) is 0. The minimum Gasteiger partial charge on any atom is -0.481 e. The van der Waals surface area contributed by atoms with Gasteiger partial charge in [-0.2, -0.15) is 0 Å². The van der Waals surface area contributed by atoms with E-state index in [0.717, 1.165) is 12.8 Å². The van der Waals surface area contributed by atoms with Gasteiger partial charge in [-0.25, -0.2) is 0 Å². The summed E-state index contributed by atoms with van der Waals surface area (Å²) in [6, 6.07) is 0. The molecule has 0 aromatic carbocycles. The summed E-state index contributed by atoms with van der Waals surface area (Å²) in [5, 5.41) is 8.61. The average Bonchev–Trinajstić information content (AvgIpc) is 2.82. The van der Waals surface area contributed by atoms with Crippen LogP contribution in [0.5, 0.6) is 0 Å². The summed E-state index contributed by atoms with van der Waals surface area (Å²) in [5.41, 5.74) is 0.423. The largest absolute Gasteiger partial charge is 0.481 e. The summed E-state index contributed by atoms with van der Waals surface area (Å²) >= 11 is 0. The van der Waals surface area contributed by atoms with Crippen molar-refractivity contribution < 1.29 is 19.4 Å². The molecule has 122 valence electrons. The predicted molar refractivity (Wildman–Crippen MR) is 81.9 cm³/mol. The summed E-state index contributed by atoms with van der Waals surface area (Å²) in [6.45, 7) is 13.2. The van der Waals surface area contributed by atoms with Crippen LogP contribution in [0.4, 0.5) is 0 Å². The molecular weight excluding hydrogens is 268 g/mol. The third-order valence-corrected chi connectivity index (χ3v) is 3.76. The fourth-order valence-electron chi connectivity index (χ4n) is 2.95. The van der Waals surface area contributed by atoms with Crippen LogP contribution in [0.15, 0.2) is 0 Å². The molecule has 21 heavy (non-hydrogen) atoms. The molecule has 0 aromatic rings. The van der Waals surface area contributed by atoms with Crippen LogP contribution < -0.4 is 0 Å². The van der Waals surface area contributed by atoms with Gasteiger partial charge in [-0.15, -0.1) is 0 Å². The Morgan fingerprint density at radius 2 is 1.33 bits per heavy atom. The van der Waals surface area contributed by atoms with Gasteiger partial charge in [-0.1, -0.05) is 41.5 Å². The summed E-state index contributed by atoms with van der Waals surface area (Å²) in [4.78, 5) is 22.2. The fraction of sp³-hybridized carbons (Fsp3) is 0.882. The summed E-state index contributed by atoms with van der Waals surface area (Å²) in [5.74, 6) is -0.506. The summed E-state index contributed by atoms with van der Waals surface area (Å²) in [6.07, 6.45) is 1.86. The highest BCUT2D eigenvalue weighted by atomic mass is 16.5. The number of hydrogen-bond acceptors (Lipinski definition) is 3. The molecule has 4 heteroatoms. The molecule has 0 heterocycles. The molecule has 1 N–H and O–H groups in total. The van der Waals surface area contributed by atoms with E-state index < -0.39 is 5.97 Å². The van der Waals surface area contributed by atoms with Gasteiger partial charge in [0.15, 0.2) is 0 Å². The van der Waals surface area contributed by atoms with Crippen LogP contribution in [0.25, 0.3) is 0 Å². The van der Waals surface area contributed by atoms with Gasteiger partial charge in [0.05, 0.1) is 12.8 Å². The van der Waals surface area contributed by atoms with E-state index in [4.69, 9.17) is 9.84 Å². The lowest BCUT2D eigenvalue weighted by molar-refractivity contribution is -0.149. The van der Waals surface area contributed by atoms with Crippen LogP contribution in [-0.4, -0.2) is 23.1 Å². The van der Waals surface area contributed by atoms with E-state index in [1.54, 1.807) is 0 Å². The second-order valence-corrected chi connectivity index (χ2v) is 8.71. The van der Waals surface area contributed by atoms with Crippen LogP contribution in [-0.2, 0) is 14.3 Å². The van der Waals surface area contributed by atoms with Crippen LogP contribution in [0.2, 0.25) is 0 Å². The normalized spacial score (nSPS) is 25.5. The molecule has 1 rings (SSSR count). The minimum atomic E-state index is -0.958. The average molecular weight is 298 g/mol.